The molecule has 0 aliphatic heterocycles. The lowest BCUT2D eigenvalue weighted by Gasteiger charge is -2.31. The van der Waals surface area contributed by atoms with Gasteiger partial charge in [-0.1, -0.05) is 23.8 Å². The highest BCUT2D eigenvalue weighted by Crippen LogP contribution is 2.46. The van der Waals surface area contributed by atoms with Gasteiger partial charge in [0.25, 0.3) is 0 Å². The van der Waals surface area contributed by atoms with Crippen molar-refractivity contribution in [3.63, 3.8) is 0 Å². The molecule has 2 atom stereocenters. The molecule has 19 heavy (non-hydrogen) atoms. The predicted molar refractivity (Wildman–Crippen MR) is 78.5 cm³/mol. The van der Waals surface area contributed by atoms with Crippen LogP contribution in [0.25, 0.3) is 0 Å². The van der Waals surface area contributed by atoms with E-state index in [2.05, 4.69) is 19.6 Å². The molecule has 0 fully saturated rings. The molecule has 102 valence electrons. The lowest BCUT2D eigenvalue weighted by atomic mass is 9.74. The Morgan fingerprint density at radius 1 is 1.21 bits per heavy atom. The van der Waals surface area contributed by atoms with Crippen LogP contribution in [-0.4, -0.2) is 10.2 Å². The highest BCUT2D eigenvalue weighted by molar-refractivity contribution is 5.51. The van der Waals surface area contributed by atoms with Crippen molar-refractivity contribution in [2.45, 2.75) is 39.5 Å². The minimum atomic E-state index is 0.0202. The van der Waals surface area contributed by atoms with E-state index in [1.165, 1.54) is 5.57 Å². The first kappa shape index (κ1) is 13.7. The van der Waals surface area contributed by atoms with Crippen LogP contribution >= 0.6 is 0 Å². The third kappa shape index (κ3) is 2.67. The Morgan fingerprint density at radius 3 is 2.32 bits per heavy atom. The maximum absolute atomic E-state index is 10.2. The Balaban J connectivity index is 2.54. The van der Waals surface area contributed by atoms with Gasteiger partial charge in [-0.3, -0.25) is 0 Å². The summed E-state index contributed by atoms with van der Waals surface area (Å²) < 4.78 is 0. The van der Waals surface area contributed by atoms with Crippen molar-refractivity contribution >= 4 is 0 Å². The summed E-state index contributed by atoms with van der Waals surface area (Å²) in [7, 11) is 0. The van der Waals surface area contributed by atoms with Gasteiger partial charge in [-0.2, -0.15) is 0 Å². The maximum Gasteiger partial charge on any atom is 0.123 e. The molecule has 1 aromatic carbocycles. The lowest BCUT2D eigenvalue weighted by molar-refractivity contribution is 0.406. The van der Waals surface area contributed by atoms with Crippen molar-refractivity contribution in [2.75, 3.05) is 0 Å². The molecule has 2 heteroatoms. The molecule has 0 saturated heterocycles. The van der Waals surface area contributed by atoms with E-state index in [4.69, 9.17) is 0 Å². The number of hydrogen-bond acceptors (Lipinski definition) is 2. The number of phenolic OH excluding ortho intramolecular Hbond substituents is 2. The number of allylic oxidation sites excluding steroid dienone is 3. The van der Waals surface area contributed by atoms with E-state index in [1.54, 1.807) is 12.1 Å². The quantitative estimate of drug-likeness (QED) is 0.771. The number of benzene rings is 1. The highest BCUT2D eigenvalue weighted by Gasteiger charge is 2.29. The molecule has 0 amide bonds. The summed E-state index contributed by atoms with van der Waals surface area (Å²) in [5.41, 5.74) is 3.91. The van der Waals surface area contributed by atoms with Gasteiger partial charge in [-0.15, -0.1) is 0 Å². The molecule has 1 aliphatic carbocycles. The predicted octanol–water partition coefficient (Wildman–Crippen LogP) is 4.42. The fourth-order valence-corrected chi connectivity index (χ4v) is 3.01. The Hall–Kier alpha value is -1.70. The summed E-state index contributed by atoms with van der Waals surface area (Å²) in [5, 5.41) is 20.4. The fourth-order valence-electron chi connectivity index (χ4n) is 3.01. The zero-order chi connectivity index (χ0) is 14.2. The zero-order valence-corrected chi connectivity index (χ0v) is 11.9. The maximum atomic E-state index is 10.2. The van der Waals surface area contributed by atoms with E-state index < -0.39 is 0 Å². The Morgan fingerprint density at radius 2 is 1.79 bits per heavy atom. The minimum Gasteiger partial charge on any atom is -0.507 e. The van der Waals surface area contributed by atoms with Gasteiger partial charge >= 0.3 is 0 Å². The monoisotopic (exact) mass is 258 g/mol. The normalized spacial score (nSPS) is 23.0. The second kappa shape index (κ2) is 5.12. The first-order valence-electron chi connectivity index (χ1n) is 6.75. The third-order valence-corrected chi connectivity index (χ3v) is 3.99. The summed E-state index contributed by atoms with van der Waals surface area (Å²) >= 11 is 0. The smallest absolute Gasteiger partial charge is 0.123 e. The first-order valence-corrected chi connectivity index (χ1v) is 6.75. The molecular formula is C17H22O2. The van der Waals surface area contributed by atoms with Gasteiger partial charge in [0, 0.05) is 11.5 Å². The first-order chi connectivity index (χ1) is 8.90. The second-order valence-electron chi connectivity index (χ2n) is 5.75. The third-order valence-electron chi connectivity index (χ3n) is 3.99. The molecule has 2 nitrogen and oxygen atoms in total. The van der Waals surface area contributed by atoms with Crippen LogP contribution in [0.2, 0.25) is 0 Å². The van der Waals surface area contributed by atoms with E-state index in [0.29, 0.717) is 5.56 Å². The summed E-state index contributed by atoms with van der Waals surface area (Å²) in [5.74, 6) is 0.662. The van der Waals surface area contributed by atoms with Crippen molar-refractivity contribution in [3.05, 3.63) is 47.1 Å². The average molecular weight is 258 g/mol. The van der Waals surface area contributed by atoms with Crippen LogP contribution in [0.5, 0.6) is 11.5 Å². The molecule has 2 rings (SSSR count). The van der Waals surface area contributed by atoms with E-state index in [9.17, 15) is 10.2 Å². The van der Waals surface area contributed by atoms with Crippen LogP contribution in [0, 0.1) is 12.8 Å². The Bertz CT molecular complexity index is 517. The van der Waals surface area contributed by atoms with Crippen molar-refractivity contribution < 1.29 is 10.2 Å². The van der Waals surface area contributed by atoms with Crippen LogP contribution in [0.1, 0.15) is 43.7 Å². The summed E-state index contributed by atoms with van der Waals surface area (Å²) in [6.07, 6.45) is 4.24. The van der Waals surface area contributed by atoms with Gasteiger partial charge in [-0.05, 0) is 57.2 Å². The van der Waals surface area contributed by atoms with Gasteiger partial charge in [0.05, 0.1) is 0 Å². The number of aryl methyl sites for hydroxylation is 1. The van der Waals surface area contributed by atoms with E-state index >= 15 is 0 Å². The Kier molecular flexibility index (Phi) is 3.70. The van der Waals surface area contributed by atoms with Crippen LogP contribution in [0.15, 0.2) is 35.9 Å². The average Bonchev–Trinajstić information content (AvgIpc) is 2.27. The number of rotatable bonds is 2. The van der Waals surface area contributed by atoms with Crippen LogP contribution < -0.4 is 0 Å². The van der Waals surface area contributed by atoms with Gasteiger partial charge < -0.3 is 10.2 Å². The van der Waals surface area contributed by atoms with Crippen molar-refractivity contribution in [3.8, 4) is 11.5 Å². The molecule has 1 aromatic rings. The van der Waals surface area contributed by atoms with Gasteiger partial charge in [0.15, 0.2) is 0 Å². The number of aromatic hydroxyl groups is 2. The second-order valence-corrected chi connectivity index (χ2v) is 5.75. The fraction of sp³-hybridized carbons (Fsp3) is 0.412. The molecule has 0 aromatic heterocycles. The SMILES string of the molecule is C=C(C)[C@@H]1CCC(C)=CC1c1c(O)cc(C)cc1O. The molecule has 0 bridgehead atoms. The lowest BCUT2D eigenvalue weighted by Crippen LogP contribution is -2.17. The summed E-state index contributed by atoms with van der Waals surface area (Å²) in [4.78, 5) is 0. The molecule has 0 saturated carbocycles. The van der Waals surface area contributed by atoms with Gasteiger partial charge in [0.1, 0.15) is 11.5 Å². The Labute approximate surface area is 115 Å². The van der Waals surface area contributed by atoms with E-state index in [1.807, 2.05) is 13.8 Å². The standard InChI is InChI=1S/C17H22O2/c1-10(2)13-6-5-11(3)7-14(13)17-15(18)8-12(4)9-16(17)19/h7-9,13-14,18-19H,1,5-6H2,2-4H3/t13-,14?/m0/s1. The van der Waals surface area contributed by atoms with Crippen molar-refractivity contribution in [1.29, 1.82) is 0 Å². The van der Waals surface area contributed by atoms with Crippen molar-refractivity contribution in [1.82, 2.24) is 0 Å². The molecular weight excluding hydrogens is 236 g/mol. The number of hydrogen-bond donors (Lipinski definition) is 2. The van der Waals surface area contributed by atoms with Crippen LogP contribution in [-0.2, 0) is 0 Å². The van der Waals surface area contributed by atoms with Crippen LogP contribution in [0.4, 0.5) is 0 Å². The molecule has 1 aliphatic rings. The summed E-state index contributed by atoms with van der Waals surface area (Å²) in [6.45, 7) is 10.0. The molecule has 0 heterocycles. The molecule has 0 radical (unpaired) electrons. The molecule has 0 spiro atoms. The summed E-state index contributed by atoms with van der Waals surface area (Å²) in [6, 6.07) is 3.42. The largest absolute Gasteiger partial charge is 0.507 e. The van der Waals surface area contributed by atoms with Gasteiger partial charge in [0.2, 0.25) is 0 Å². The van der Waals surface area contributed by atoms with Gasteiger partial charge in [-0.25, -0.2) is 0 Å². The zero-order valence-electron chi connectivity index (χ0n) is 11.9. The molecule has 1 unspecified atom stereocenters. The van der Waals surface area contributed by atoms with E-state index in [0.717, 1.165) is 24.0 Å². The van der Waals surface area contributed by atoms with Crippen molar-refractivity contribution in [2.24, 2.45) is 5.92 Å². The molecule has 2 N–H and O–H groups in total. The topological polar surface area (TPSA) is 40.5 Å². The minimum absolute atomic E-state index is 0.0202. The van der Waals surface area contributed by atoms with E-state index in [-0.39, 0.29) is 23.3 Å². The van der Waals surface area contributed by atoms with Crippen LogP contribution in [0.3, 0.4) is 0 Å². The number of phenols is 2. The highest BCUT2D eigenvalue weighted by atomic mass is 16.3.